The van der Waals surface area contributed by atoms with Crippen LogP contribution in [0.3, 0.4) is 0 Å². The normalized spacial score (nSPS) is 20.3. The Hall–Kier alpha value is -2.82. The second-order valence-corrected chi connectivity index (χ2v) is 10.4. The maximum Gasteiger partial charge on any atom is 0.320 e. The van der Waals surface area contributed by atoms with Crippen LogP contribution in [0.15, 0.2) is 6.07 Å². The molecule has 1 saturated heterocycles. The Bertz CT molecular complexity index is 1140. The Morgan fingerprint density at radius 2 is 1.97 bits per heavy atom. The summed E-state index contributed by atoms with van der Waals surface area (Å²) in [5, 5.41) is 5.62. The molecule has 2 aromatic rings. The molecule has 4 heterocycles. The summed E-state index contributed by atoms with van der Waals surface area (Å²) < 4.78 is 27.7. The molecule has 0 aromatic carbocycles. The van der Waals surface area contributed by atoms with Crippen molar-refractivity contribution in [2.75, 3.05) is 30.4 Å². The highest BCUT2D eigenvalue weighted by Crippen LogP contribution is 2.43. The largest absolute Gasteiger partial charge is 0.355 e. The molecule has 2 N–H and O–H groups in total. The van der Waals surface area contributed by atoms with Crippen LogP contribution in [0.1, 0.15) is 54.2 Å². The van der Waals surface area contributed by atoms with E-state index in [1.165, 1.54) is 18.4 Å². The second-order valence-electron chi connectivity index (χ2n) is 9.36. The molecular weight excluding hydrogens is 462 g/mol. The number of anilines is 2. The zero-order valence-corrected chi connectivity index (χ0v) is 20.3. The molecule has 3 amide bonds. The van der Waals surface area contributed by atoms with Crippen molar-refractivity contribution in [1.29, 1.82) is 0 Å². The van der Waals surface area contributed by atoms with Crippen molar-refractivity contribution in [2.45, 2.75) is 58.0 Å². The van der Waals surface area contributed by atoms with Crippen molar-refractivity contribution in [2.24, 2.45) is 5.92 Å². The van der Waals surface area contributed by atoms with E-state index in [4.69, 9.17) is 4.98 Å². The third kappa shape index (κ3) is 4.21. The standard InChI is InChI=1S/C23H28F2N6O2S/c1-12-18(34-22(27-12)29-21(33)26-3)16-10-15-11-31(13(2)14-4-5-14)20(32)17(15)19(28-16)30-8-6-23(24,25)7-9-30/h10,13-14H,4-9,11H2,1-3H3,(H2,26,27,29,33)/t13-/m0/s1. The molecule has 34 heavy (non-hydrogen) atoms. The number of carbonyl (C=O) groups is 2. The minimum Gasteiger partial charge on any atom is -0.355 e. The molecule has 0 bridgehead atoms. The van der Waals surface area contributed by atoms with E-state index in [2.05, 4.69) is 22.5 Å². The summed E-state index contributed by atoms with van der Waals surface area (Å²) >= 11 is 1.30. The van der Waals surface area contributed by atoms with Gasteiger partial charge in [0.25, 0.3) is 11.8 Å². The summed E-state index contributed by atoms with van der Waals surface area (Å²) in [5.41, 5.74) is 2.74. The number of alkyl halides is 2. The van der Waals surface area contributed by atoms with E-state index in [0.29, 0.717) is 40.4 Å². The summed E-state index contributed by atoms with van der Waals surface area (Å²) in [6.07, 6.45) is 1.73. The Balaban J connectivity index is 1.54. The number of nitrogens with zero attached hydrogens (tertiary/aromatic N) is 4. The molecule has 182 valence electrons. The number of halogens is 2. The van der Waals surface area contributed by atoms with Crippen molar-refractivity contribution < 1.29 is 18.4 Å². The molecule has 5 rings (SSSR count). The minimum atomic E-state index is -2.69. The number of thiazole rings is 1. The van der Waals surface area contributed by atoms with E-state index in [1.807, 2.05) is 22.8 Å². The first-order chi connectivity index (χ1) is 16.2. The van der Waals surface area contributed by atoms with Gasteiger partial charge < -0.3 is 15.1 Å². The SMILES string of the molecule is CNC(=O)Nc1nc(C)c(-c2cc3c(c(N4CCC(F)(F)CC4)n2)C(=O)N([C@@H](C)C2CC2)C3)s1. The van der Waals surface area contributed by atoms with Gasteiger partial charge in [-0.15, -0.1) is 0 Å². The van der Waals surface area contributed by atoms with Crippen LogP contribution in [-0.4, -0.2) is 58.9 Å². The number of aromatic nitrogens is 2. The number of nitrogens with one attached hydrogen (secondary N) is 2. The van der Waals surface area contributed by atoms with Gasteiger partial charge in [0.1, 0.15) is 5.82 Å². The smallest absolute Gasteiger partial charge is 0.320 e. The van der Waals surface area contributed by atoms with E-state index in [-0.39, 0.29) is 43.9 Å². The number of amides is 3. The Labute approximate surface area is 200 Å². The lowest BCUT2D eigenvalue weighted by Crippen LogP contribution is -2.41. The van der Waals surface area contributed by atoms with Gasteiger partial charge in [-0.3, -0.25) is 10.1 Å². The summed E-state index contributed by atoms with van der Waals surface area (Å²) in [6, 6.07) is 1.68. The first-order valence-electron chi connectivity index (χ1n) is 11.6. The van der Waals surface area contributed by atoms with Crippen LogP contribution in [0.5, 0.6) is 0 Å². The lowest BCUT2D eigenvalue weighted by Gasteiger charge is -2.33. The molecular formula is C23H28F2N6O2S. The van der Waals surface area contributed by atoms with Crippen LogP contribution in [-0.2, 0) is 6.54 Å². The lowest BCUT2D eigenvalue weighted by molar-refractivity contribution is -0.0221. The predicted octanol–water partition coefficient (Wildman–Crippen LogP) is 4.25. The van der Waals surface area contributed by atoms with Gasteiger partial charge in [0.15, 0.2) is 5.13 Å². The fraction of sp³-hybridized carbons (Fsp3) is 0.565. The molecule has 2 aromatic heterocycles. The van der Waals surface area contributed by atoms with E-state index >= 15 is 0 Å². The Morgan fingerprint density at radius 3 is 2.62 bits per heavy atom. The van der Waals surface area contributed by atoms with Gasteiger partial charge in [0.05, 0.1) is 21.8 Å². The number of aryl methyl sites for hydroxylation is 1. The number of pyridine rings is 1. The number of hydrogen-bond acceptors (Lipinski definition) is 6. The van der Waals surface area contributed by atoms with Crippen LogP contribution in [0.25, 0.3) is 10.6 Å². The topological polar surface area (TPSA) is 90.5 Å². The zero-order valence-electron chi connectivity index (χ0n) is 19.5. The van der Waals surface area contributed by atoms with Gasteiger partial charge in [-0.25, -0.2) is 23.5 Å². The summed E-state index contributed by atoms with van der Waals surface area (Å²) in [6.45, 7) is 4.70. The molecule has 0 unspecified atom stereocenters. The molecule has 0 radical (unpaired) electrons. The summed E-state index contributed by atoms with van der Waals surface area (Å²) in [4.78, 5) is 39.0. The number of fused-ring (bicyclic) bond motifs is 1. The van der Waals surface area contributed by atoms with E-state index in [0.717, 1.165) is 23.3 Å². The van der Waals surface area contributed by atoms with Crippen molar-refractivity contribution in [3.63, 3.8) is 0 Å². The maximum absolute atomic E-state index is 13.9. The number of hydrogen-bond donors (Lipinski definition) is 2. The monoisotopic (exact) mass is 490 g/mol. The summed E-state index contributed by atoms with van der Waals surface area (Å²) in [7, 11) is 1.53. The van der Waals surface area contributed by atoms with Crippen molar-refractivity contribution in [3.05, 3.63) is 22.9 Å². The third-order valence-corrected chi connectivity index (χ3v) is 8.06. The molecule has 1 saturated carbocycles. The van der Waals surface area contributed by atoms with Crippen LogP contribution < -0.4 is 15.5 Å². The average molecular weight is 491 g/mol. The molecule has 2 fully saturated rings. The average Bonchev–Trinajstić information content (AvgIpc) is 3.51. The fourth-order valence-electron chi connectivity index (χ4n) is 4.74. The molecule has 8 nitrogen and oxygen atoms in total. The van der Waals surface area contributed by atoms with Gasteiger partial charge >= 0.3 is 6.03 Å². The van der Waals surface area contributed by atoms with E-state index in [1.54, 1.807) is 0 Å². The molecule has 1 aliphatic carbocycles. The van der Waals surface area contributed by atoms with Gasteiger partial charge in [-0.05, 0) is 44.2 Å². The van der Waals surface area contributed by atoms with Gasteiger partial charge in [0, 0.05) is 45.6 Å². The van der Waals surface area contributed by atoms with Gasteiger partial charge in [-0.2, -0.15) is 0 Å². The molecule has 3 aliphatic rings. The number of rotatable bonds is 5. The molecule has 1 atom stereocenters. The van der Waals surface area contributed by atoms with Gasteiger partial charge in [0.2, 0.25) is 0 Å². The zero-order chi connectivity index (χ0) is 24.2. The van der Waals surface area contributed by atoms with Crippen molar-refractivity contribution in [1.82, 2.24) is 20.2 Å². The van der Waals surface area contributed by atoms with Crippen LogP contribution in [0.4, 0.5) is 24.5 Å². The fourth-order valence-corrected chi connectivity index (χ4v) is 5.66. The predicted molar refractivity (Wildman–Crippen MR) is 127 cm³/mol. The highest BCUT2D eigenvalue weighted by molar-refractivity contribution is 7.19. The van der Waals surface area contributed by atoms with E-state index < -0.39 is 5.92 Å². The molecule has 2 aliphatic heterocycles. The Morgan fingerprint density at radius 1 is 1.26 bits per heavy atom. The lowest BCUT2D eigenvalue weighted by atomic mass is 10.0. The molecule has 11 heteroatoms. The highest BCUT2D eigenvalue weighted by atomic mass is 32.1. The third-order valence-electron chi connectivity index (χ3n) is 6.96. The van der Waals surface area contributed by atoms with E-state index in [9.17, 15) is 18.4 Å². The molecule has 0 spiro atoms. The quantitative estimate of drug-likeness (QED) is 0.654. The van der Waals surface area contributed by atoms with Crippen LogP contribution in [0, 0.1) is 12.8 Å². The number of urea groups is 1. The first kappa shape index (κ1) is 22.9. The minimum absolute atomic E-state index is 0.0659. The first-order valence-corrected chi connectivity index (χ1v) is 12.4. The van der Waals surface area contributed by atoms with Gasteiger partial charge in [-0.1, -0.05) is 11.3 Å². The highest BCUT2D eigenvalue weighted by Gasteiger charge is 2.42. The second kappa shape index (κ2) is 8.44. The maximum atomic E-state index is 13.9. The number of carbonyl (C=O) groups excluding carboxylic acids is 2. The van der Waals surface area contributed by atoms with Crippen LogP contribution >= 0.6 is 11.3 Å². The van der Waals surface area contributed by atoms with Crippen LogP contribution in [0.2, 0.25) is 0 Å². The van der Waals surface area contributed by atoms with Crippen molar-refractivity contribution >= 4 is 34.2 Å². The number of piperidine rings is 1. The summed E-state index contributed by atoms with van der Waals surface area (Å²) in [5.74, 6) is -1.76. The van der Waals surface area contributed by atoms with Crippen molar-refractivity contribution in [3.8, 4) is 10.6 Å². The Kier molecular flexibility index (Phi) is 5.70.